The van der Waals surface area contributed by atoms with Gasteiger partial charge in [0.2, 0.25) is 0 Å². The zero-order chi connectivity index (χ0) is 18.4. The summed E-state index contributed by atoms with van der Waals surface area (Å²) in [5.74, 6) is -0.538. The SMILES string of the molecule is C=C(C)C(=O)OC(C)N(C(=O)N(C)c1ccccc1)c1ccccc1. The van der Waals surface area contributed by atoms with E-state index in [1.54, 1.807) is 33.0 Å². The first kappa shape index (κ1) is 18.3. The Balaban J connectivity index is 2.33. The Kier molecular flexibility index (Phi) is 5.95. The number of nitrogens with zero attached hydrogens (tertiary/aromatic N) is 2. The summed E-state index contributed by atoms with van der Waals surface area (Å²) in [6, 6.07) is 18.1. The highest BCUT2D eigenvalue weighted by molar-refractivity contribution is 6.03. The van der Waals surface area contributed by atoms with Crippen LogP contribution in [-0.2, 0) is 9.53 Å². The fourth-order valence-corrected chi connectivity index (χ4v) is 2.30. The second kappa shape index (κ2) is 8.15. The minimum absolute atomic E-state index is 0.281. The highest BCUT2D eigenvalue weighted by Crippen LogP contribution is 2.22. The largest absolute Gasteiger partial charge is 0.438 e. The molecule has 0 aliphatic rings. The van der Waals surface area contributed by atoms with E-state index in [4.69, 9.17) is 4.74 Å². The molecule has 0 radical (unpaired) electrons. The molecule has 0 spiro atoms. The molecule has 0 aliphatic carbocycles. The van der Waals surface area contributed by atoms with Crippen LogP contribution in [0.3, 0.4) is 0 Å². The Morgan fingerprint density at radius 2 is 1.44 bits per heavy atom. The van der Waals surface area contributed by atoms with Gasteiger partial charge >= 0.3 is 12.0 Å². The maximum absolute atomic E-state index is 13.1. The van der Waals surface area contributed by atoms with Crippen LogP contribution in [0.4, 0.5) is 16.2 Å². The number of esters is 1. The normalized spacial score (nSPS) is 11.3. The first-order chi connectivity index (χ1) is 11.9. The van der Waals surface area contributed by atoms with Crippen molar-refractivity contribution in [3.05, 3.63) is 72.8 Å². The molecule has 2 aromatic rings. The summed E-state index contributed by atoms with van der Waals surface area (Å²) in [6.07, 6.45) is -0.787. The molecular formula is C20H22N2O3. The number of hydrogen-bond donors (Lipinski definition) is 0. The van der Waals surface area contributed by atoms with Crippen molar-refractivity contribution in [3.8, 4) is 0 Å². The number of urea groups is 1. The average molecular weight is 338 g/mol. The molecule has 5 nitrogen and oxygen atoms in total. The average Bonchev–Trinajstić information content (AvgIpc) is 2.62. The third-order valence-electron chi connectivity index (χ3n) is 3.66. The fraction of sp³-hybridized carbons (Fsp3) is 0.200. The topological polar surface area (TPSA) is 49.9 Å². The molecule has 5 heteroatoms. The lowest BCUT2D eigenvalue weighted by atomic mass is 10.2. The summed E-state index contributed by atoms with van der Waals surface area (Å²) in [5, 5.41) is 0. The zero-order valence-electron chi connectivity index (χ0n) is 14.7. The van der Waals surface area contributed by atoms with Gasteiger partial charge < -0.3 is 4.74 Å². The summed E-state index contributed by atoms with van der Waals surface area (Å²) in [4.78, 5) is 27.9. The Hall–Kier alpha value is -3.08. The first-order valence-corrected chi connectivity index (χ1v) is 7.95. The number of ether oxygens (including phenoxy) is 1. The standard InChI is InChI=1S/C20H22N2O3/c1-15(2)19(23)25-16(3)22(18-13-9-6-10-14-18)20(24)21(4)17-11-7-5-8-12-17/h5-14,16H,1H2,2-4H3. The fourth-order valence-electron chi connectivity index (χ4n) is 2.30. The smallest absolute Gasteiger partial charge is 0.335 e. The molecule has 0 fully saturated rings. The van der Waals surface area contributed by atoms with Crippen molar-refractivity contribution in [2.75, 3.05) is 16.8 Å². The Bertz CT molecular complexity index is 744. The van der Waals surface area contributed by atoms with Crippen molar-refractivity contribution in [3.63, 3.8) is 0 Å². The molecule has 130 valence electrons. The predicted octanol–water partition coefficient (Wildman–Crippen LogP) is 4.21. The Morgan fingerprint density at radius 3 is 1.92 bits per heavy atom. The third-order valence-corrected chi connectivity index (χ3v) is 3.66. The van der Waals surface area contributed by atoms with Crippen LogP contribution in [0.5, 0.6) is 0 Å². The quantitative estimate of drug-likeness (QED) is 0.466. The highest BCUT2D eigenvalue weighted by atomic mass is 16.6. The van der Waals surface area contributed by atoms with Crippen LogP contribution in [0.1, 0.15) is 13.8 Å². The molecule has 1 unspecified atom stereocenters. The van der Waals surface area contributed by atoms with E-state index < -0.39 is 12.2 Å². The summed E-state index contributed by atoms with van der Waals surface area (Å²) in [5.41, 5.74) is 1.66. The van der Waals surface area contributed by atoms with Gasteiger partial charge in [0.1, 0.15) is 0 Å². The molecule has 0 aromatic heterocycles. The van der Waals surface area contributed by atoms with Gasteiger partial charge in [-0.3, -0.25) is 9.80 Å². The number of para-hydroxylation sites is 2. The van der Waals surface area contributed by atoms with Crippen molar-refractivity contribution in [2.24, 2.45) is 0 Å². The van der Waals surface area contributed by atoms with E-state index >= 15 is 0 Å². The van der Waals surface area contributed by atoms with Crippen LogP contribution in [0.15, 0.2) is 72.8 Å². The molecule has 2 rings (SSSR count). The summed E-state index contributed by atoms with van der Waals surface area (Å²) >= 11 is 0. The monoisotopic (exact) mass is 338 g/mol. The van der Waals surface area contributed by atoms with Gasteiger partial charge in [0, 0.05) is 24.0 Å². The van der Waals surface area contributed by atoms with Crippen LogP contribution >= 0.6 is 0 Å². The Labute approximate surface area is 148 Å². The van der Waals surface area contributed by atoms with Gasteiger partial charge in [-0.2, -0.15) is 0 Å². The summed E-state index contributed by atoms with van der Waals surface area (Å²) in [7, 11) is 1.68. The second-order valence-corrected chi connectivity index (χ2v) is 5.67. The predicted molar refractivity (Wildman–Crippen MR) is 99.5 cm³/mol. The number of benzene rings is 2. The molecule has 0 bridgehead atoms. The van der Waals surface area contributed by atoms with Crippen molar-refractivity contribution >= 4 is 23.4 Å². The lowest BCUT2D eigenvalue weighted by molar-refractivity contribution is -0.142. The van der Waals surface area contributed by atoms with Gasteiger partial charge in [-0.05, 0) is 38.1 Å². The van der Waals surface area contributed by atoms with Gasteiger partial charge in [-0.1, -0.05) is 43.0 Å². The number of anilines is 2. The number of rotatable bonds is 5. The molecule has 0 saturated carbocycles. The van der Waals surface area contributed by atoms with Gasteiger partial charge in [-0.15, -0.1) is 0 Å². The van der Waals surface area contributed by atoms with E-state index in [9.17, 15) is 9.59 Å². The van der Waals surface area contributed by atoms with Crippen molar-refractivity contribution in [1.29, 1.82) is 0 Å². The van der Waals surface area contributed by atoms with E-state index in [2.05, 4.69) is 6.58 Å². The van der Waals surface area contributed by atoms with Crippen molar-refractivity contribution in [1.82, 2.24) is 0 Å². The molecule has 0 N–H and O–H groups in total. The van der Waals surface area contributed by atoms with E-state index in [1.165, 1.54) is 9.80 Å². The summed E-state index contributed by atoms with van der Waals surface area (Å²) < 4.78 is 5.38. The van der Waals surface area contributed by atoms with Crippen LogP contribution in [0.2, 0.25) is 0 Å². The van der Waals surface area contributed by atoms with E-state index in [1.807, 2.05) is 48.5 Å². The number of hydrogen-bond acceptors (Lipinski definition) is 3. The molecule has 25 heavy (non-hydrogen) atoms. The van der Waals surface area contributed by atoms with Gasteiger partial charge in [0.25, 0.3) is 0 Å². The molecule has 1 atom stereocenters. The van der Waals surface area contributed by atoms with Gasteiger partial charge in [-0.25, -0.2) is 9.59 Å². The minimum atomic E-state index is -0.787. The van der Waals surface area contributed by atoms with Crippen LogP contribution < -0.4 is 9.80 Å². The van der Waals surface area contributed by atoms with Gasteiger partial charge in [0.15, 0.2) is 6.23 Å². The molecule has 0 saturated heterocycles. The molecule has 2 aromatic carbocycles. The Morgan fingerprint density at radius 1 is 0.960 bits per heavy atom. The maximum atomic E-state index is 13.1. The third kappa shape index (κ3) is 4.47. The van der Waals surface area contributed by atoms with Crippen LogP contribution in [0.25, 0.3) is 0 Å². The summed E-state index contributed by atoms with van der Waals surface area (Å²) in [6.45, 7) is 6.81. The first-order valence-electron chi connectivity index (χ1n) is 7.95. The minimum Gasteiger partial charge on any atom is -0.438 e. The lowest BCUT2D eigenvalue weighted by Gasteiger charge is -2.32. The van der Waals surface area contributed by atoms with Crippen molar-refractivity contribution < 1.29 is 14.3 Å². The second-order valence-electron chi connectivity index (χ2n) is 5.67. The number of amides is 2. The highest BCUT2D eigenvalue weighted by Gasteiger charge is 2.28. The van der Waals surface area contributed by atoms with Crippen molar-refractivity contribution in [2.45, 2.75) is 20.1 Å². The van der Waals surface area contributed by atoms with E-state index in [0.29, 0.717) is 5.69 Å². The molecule has 0 heterocycles. The lowest BCUT2D eigenvalue weighted by Crippen LogP contribution is -2.48. The number of carbonyl (C=O) groups is 2. The zero-order valence-corrected chi connectivity index (χ0v) is 14.7. The maximum Gasteiger partial charge on any atom is 0.335 e. The van der Waals surface area contributed by atoms with Crippen LogP contribution in [-0.4, -0.2) is 25.3 Å². The van der Waals surface area contributed by atoms with Gasteiger partial charge in [0.05, 0.1) is 0 Å². The molecule has 2 amide bonds. The number of carbonyl (C=O) groups excluding carboxylic acids is 2. The molecular weight excluding hydrogens is 316 g/mol. The van der Waals surface area contributed by atoms with E-state index in [-0.39, 0.29) is 11.6 Å². The molecule has 0 aliphatic heterocycles. The van der Waals surface area contributed by atoms with Crippen LogP contribution in [0, 0.1) is 0 Å². The van der Waals surface area contributed by atoms with E-state index in [0.717, 1.165) is 5.69 Å².